The van der Waals surface area contributed by atoms with E-state index in [1.54, 1.807) is 12.1 Å². The molecule has 0 aromatic heterocycles. The second kappa shape index (κ2) is 8.33. The normalized spacial score (nSPS) is 21.0. The summed E-state index contributed by atoms with van der Waals surface area (Å²) in [5.41, 5.74) is 1.32. The molecule has 30 heavy (non-hydrogen) atoms. The van der Waals surface area contributed by atoms with Gasteiger partial charge < -0.3 is 14.0 Å². The van der Waals surface area contributed by atoms with Gasteiger partial charge in [0, 0.05) is 12.1 Å². The SMILES string of the molecule is CC1(C)OB(c2ccc(Oc3ccc(F)cc3)c(CN3CCCCC3)c2)OC1(C)C. The predicted molar refractivity (Wildman–Crippen MR) is 118 cm³/mol. The van der Waals surface area contributed by atoms with E-state index in [1.807, 2.05) is 12.1 Å². The Hall–Kier alpha value is -1.89. The van der Waals surface area contributed by atoms with Crippen LogP contribution in [0, 0.1) is 5.82 Å². The van der Waals surface area contributed by atoms with Gasteiger partial charge in [-0.3, -0.25) is 4.90 Å². The minimum Gasteiger partial charge on any atom is -0.457 e. The predicted octanol–water partition coefficient (Wildman–Crippen LogP) is 4.90. The highest BCUT2D eigenvalue weighted by Crippen LogP contribution is 2.37. The molecule has 4 rings (SSSR count). The van der Waals surface area contributed by atoms with Crippen LogP contribution in [0.4, 0.5) is 4.39 Å². The molecule has 0 amide bonds. The van der Waals surface area contributed by atoms with E-state index in [0.29, 0.717) is 5.75 Å². The Labute approximate surface area is 179 Å². The van der Waals surface area contributed by atoms with Crippen LogP contribution in [-0.4, -0.2) is 36.3 Å². The van der Waals surface area contributed by atoms with Crippen molar-refractivity contribution in [1.29, 1.82) is 0 Å². The summed E-state index contributed by atoms with van der Waals surface area (Å²) in [6.45, 7) is 11.2. The van der Waals surface area contributed by atoms with Gasteiger partial charge in [0.1, 0.15) is 17.3 Å². The molecule has 2 aliphatic heterocycles. The zero-order valence-corrected chi connectivity index (χ0v) is 18.4. The zero-order chi connectivity index (χ0) is 21.4. The molecule has 0 saturated carbocycles. The lowest BCUT2D eigenvalue weighted by Crippen LogP contribution is -2.41. The minimum absolute atomic E-state index is 0.271. The van der Waals surface area contributed by atoms with Crippen LogP contribution in [0.1, 0.15) is 52.5 Å². The van der Waals surface area contributed by atoms with Gasteiger partial charge in [0.15, 0.2) is 0 Å². The first-order valence-corrected chi connectivity index (χ1v) is 10.9. The third kappa shape index (κ3) is 4.56. The first-order valence-electron chi connectivity index (χ1n) is 10.9. The summed E-state index contributed by atoms with van der Waals surface area (Å²) < 4.78 is 31.9. The van der Waals surface area contributed by atoms with E-state index in [1.165, 1.54) is 31.4 Å². The number of benzene rings is 2. The van der Waals surface area contributed by atoms with Crippen molar-refractivity contribution in [2.24, 2.45) is 0 Å². The standard InChI is InChI=1S/C24H31BFNO3/c1-23(2)24(3,4)30-25(29-23)19-8-13-22(28-21-11-9-20(26)10-12-21)18(16-19)17-27-14-6-5-7-15-27/h8-13,16H,5-7,14-15,17H2,1-4H3. The van der Waals surface area contributed by atoms with Crippen LogP contribution in [-0.2, 0) is 15.9 Å². The Balaban J connectivity index is 1.61. The summed E-state index contributed by atoms with van der Waals surface area (Å²) in [5, 5.41) is 0. The molecule has 0 aliphatic carbocycles. The van der Waals surface area contributed by atoms with Crippen LogP contribution in [0.15, 0.2) is 42.5 Å². The molecular formula is C24H31BFNO3. The highest BCUT2D eigenvalue weighted by atomic mass is 19.1. The third-order valence-corrected chi connectivity index (χ3v) is 6.49. The average molecular weight is 411 g/mol. The number of halogens is 1. The second-order valence-corrected chi connectivity index (χ2v) is 9.35. The molecule has 2 saturated heterocycles. The number of nitrogens with zero attached hydrogens (tertiary/aromatic N) is 1. The molecule has 0 unspecified atom stereocenters. The Kier molecular flexibility index (Phi) is 5.93. The van der Waals surface area contributed by atoms with Crippen LogP contribution >= 0.6 is 0 Å². The number of hydrogen-bond acceptors (Lipinski definition) is 4. The fourth-order valence-corrected chi connectivity index (χ4v) is 3.94. The first kappa shape index (κ1) is 21.4. The maximum Gasteiger partial charge on any atom is 0.494 e. The maximum absolute atomic E-state index is 13.3. The molecule has 0 atom stereocenters. The van der Waals surface area contributed by atoms with E-state index >= 15 is 0 Å². The van der Waals surface area contributed by atoms with Crippen LogP contribution in [0.2, 0.25) is 0 Å². The topological polar surface area (TPSA) is 30.9 Å². The molecule has 2 aliphatic rings. The quantitative estimate of drug-likeness (QED) is 0.655. The summed E-state index contributed by atoms with van der Waals surface area (Å²) in [6.07, 6.45) is 3.75. The molecule has 2 heterocycles. The largest absolute Gasteiger partial charge is 0.494 e. The Morgan fingerprint density at radius 2 is 1.57 bits per heavy atom. The summed E-state index contributed by atoms with van der Waals surface area (Å²) in [6, 6.07) is 12.3. The van der Waals surface area contributed by atoms with E-state index < -0.39 is 7.12 Å². The van der Waals surface area contributed by atoms with Gasteiger partial charge in [0.2, 0.25) is 0 Å². The summed E-state index contributed by atoms with van der Waals surface area (Å²) in [7, 11) is -0.407. The molecule has 4 nitrogen and oxygen atoms in total. The lowest BCUT2D eigenvalue weighted by Gasteiger charge is -2.32. The molecule has 0 N–H and O–H groups in total. The van der Waals surface area contributed by atoms with Gasteiger partial charge in [0.25, 0.3) is 0 Å². The van der Waals surface area contributed by atoms with Gasteiger partial charge in [-0.1, -0.05) is 18.6 Å². The monoisotopic (exact) mass is 411 g/mol. The summed E-state index contributed by atoms with van der Waals surface area (Å²) >= 11 is 0. The number of hydrogen-bond donors (Lipinski definition) is 0. The van der Waals surface area contributed by atoms with E-state index in [-0.39, 0.29) is 17.0 Å². The summed E-state index contributed by atoms with van der Waals surface area (Å²) in [5.74, 6) is 1.14. The molecule has 0 bridgehead atoms. The molecule has 2 aromatic rings. The highest BCUT2D eigenvalue weighted by molar-refractivity contribution is 6.62. The molecule has 0 radical (unpaired) electrons. The highest BCUT2D eigenvalue weighted by Gasteiger charge is 2.51. The van der Waals surface area contributed by atoms with Gasteiger partial charge in [-0.05, 0) is 89.4 Å². The number of likely N-dealkylation sites (tertiary alicyclic amines) is 1. The van der Waals surface area contributed by atoms with Gasteiger partial charge >= 0.3 is 7.12 Å². The molecule has 6 heteroatoms. The van der Waals surface area contributed by atoms with Crippen LogP contribution in [0.5, 0.6) is 11.5 Å². The zero-order valence-electron chi connectivity index (χ0n) is 18.4. The Morgan fingerprint density at radius 3 is 2.20 bits per heavy atom. The summed E-state index contributed by atoms with van der Waals surface area (Å²) in [4.78, 5) is 2.46. The van der Waals surface area contributed by atoms with E-state index in [2.05, 4.69) is 38.7 Å². The first-order chi connectivity index (χ1) is 14.2. The van der Waals surface area contributed by atoms with Crippen molar-refractivity contribution < 1.29 is 18.4 Å². The lowest BCUT2D eigenvalue weighted by molar-refractivity contribution is 0.00578. The van der Waals surface area contributed by atoms with Crippen molar-refractivity contribution in [1.82, 2.24) is 4.90 Å². The van der Waals surface area contributed by atoms with Gasteiger partial charge in [0.05, 0.1) is 11.2 Å². The number of ether oxygens (including phenoxy) is 1. The van der Waals surface area contributed by atoms with Gasteiger partial charge in [-0.25, -0.2) is 4.39 Å². The van der Waals surface area contributed by atoms with E-state index in [0.717, 1.165) is 36.4 Å². The molecular weight excluding hydrogens is 380 g/mol. The van der Waals surface area contributed by atoms with Crippen molar-refractivity contribution >= 4 is 12.6 Å². The number of rotatable bonds is 5. The number of piperidine rings is 1. The van der Waals surface area contributed by atoms with Crippen molar-refractivity contribution in [3.8, 4) is 11.5 Å². The Bertz CT molecular complexity index is 863. The third-order valence-electron chi connectivity index (χ3n) is 6.49. The van der Waals surface area contributed by atoms with Crippen molar-refractivity contribution in [2.45, 2.75) is 64.7 Å². The second-order valence-electron chi connectivity index (χ2n) is 9.35. The van der Waals surface area contributed by atoms with Crippen molar-refractivity contribution in [3.05, 3.63) is 53.8 Å². The molecule has 2 aromatic carbocycles. The lowest BCUT2D eigenvalue weighted by atomic mass is 9.78. The van der Waals surface area contributed by atoms with Crippen LogP contribution in [0.25, 0.3) is 0 Å². The van der Waals surface area contributed by atoms with Crippen LogP contribution in [0.3, 0.4) is 0 Å². The van der Waals surface area contributed by atoms with Crippen molar-refractivity contribution in [3.63, 3.8) is 0 Å². The minimum atomic E-state index is -0.407. The fraction of sp³-hybridized carbons (Fsp3) is 0.500. The molecule has 2 fully saturated rings. The average Bonchev–Trinajstić information content (AvgIpc) is 2.93. The van der Waals surface area contributed by atoms with Gasteiger partial charge in [-0.15, -0.1) is 0 Å². The van der Waals surface area contributed by atoms with Gasteiger partial charge in [-0.2, -0.15) is 0 Å². The smallest absolute Gasteiger partial charge is 0.457 e. The molecule has 0 spiro atoms. The van der Waals surface area contributed by atoms with Crippen LogP contribution < -0.4 is 10.2 Å². The van der Waals surface area contributed by atoms with E-state index in [4.69, 9.17) is 14.0 Å². The fourth-order valence-electron chi connectivity index (χ4n) is 3.94. The molecule has 160 valence electrons. The van der Waals surface area contributed by atoms with Crippen molar-refractivity contribution in [2.75, 3.05) is 13.1 Å². The Morgan fingerprint density at radius 1 is 0.933 bits per heavy atom. The maximum atomic E-state index is 13.3. The van der Waals surface area contributed by atoms with E-state index in [9.17, 15) is 4.39 Å².